The number of amides is 1. The smallest absolute Gasteiger partial charge is 0.329 e. The lowest BCUT2D eigenvalue weighted by Gasteiger charge is -2.41. The highest BCUT2D eigenvalue weighted by Gasteiger charge is 2.44. The summed E-state index contributed by atoms with van der Waals surface area (Å²) in [5.74, 6) is -1.21. The van der Waals surface area contributed by atoms with Crippen LogP contribution in [-0.2, 0) is 4.79 Å². The first-order valence-electron chi connectivity index (χ1n) is 6.02. The normalized spacial score (nSPS) is 24.0. The Morgan fingerprint density at radius 2 is 2.22 bits per heavy atom. The van der Waals surface area contributed by atoms with Crippen molar-refractivity contribution in [1.82, 2.24) is 15.1 Å². The third-order valence-electron chi connectivity index (χ3n) is 3.66. The van der Waals surface area contributed by atoms with Gasteiger partial charge in [0.05, 0.1) is 11.8 Å². The van der Waals surface area contributed by atoms with Gasteiger partial charge >= 0.3 is 5.97 Å². The Kier molecular flexibility index (Phi) is 3.11. The van der Waals surface area contributed by atoms with Crippen LogP contribution in [0.1, 0.15) is 42.2 Å². The van der Waals surface area contributed by atoms with E-state index in [9.17, 15) is 14.7 Å². The highest BCUT2D eigenvalue weighted by atomic mass is 16.4. The molecule has 2 N–H and O–H groups in total. The molecule has 0 saturated carbocycles. The number of aromatic amines is 1. The third-order valence-corrected chi connectivity index (χ3v) is 3.66. The van der Waals surface area contributed by atoms with Gasteiger partial charge in [-0.05, 0) is 33.1 Å². The first-order valence-corrected chi connectivity index (χ1v) is 6.02. The zero-order chi connectivity index (χ0) is 13.3. The molecule has 2 heterocycles. The average Bonchev–Trinajstić information content (AvgIpc) is 2.75. The number of nitrogens with zero attached hydrogens (tertiary/aromatic N) is 2. The van der Waals surface area contributed by atoms with Crippen molar-refractivity contribution < 1.29 is 14.7 Å². The number of nitrogens with one attached hydrogen (secondary N) is 1. The summed E-state index contributed by atoms with van der Waals surface area (Å²) in [5, 5.41) is 15.9. The fourth-order valence-corrected chi connectivity index (χ4v) is 2.38. The van der Waals surface area contributed by atoms with Crippen LogP contribution in [0.2, 0.25) is 0 Å². The minimum atomic E-state index is -1.11. The third kappa shape index (κ3) is 1.87. The van der Waals surface area contributed by atoms with Crippen LogP contribution in [0.4, 0.5) is 0 Å². The Balaban J connectivity index is 2.33. The molecule has 18 heavy (non-hydrogen) atoms. The average molecular weight is 251 g/mol. The van der Waals surface area contributed by atoms with E-state index in [1.807, 2.05) is 0 Å². The number of aryl methyl sites for hydroxylation is 1. The van der Waals surface area contributed by atoms with Gasteiger partial charge in [0.25, 0.3) is 5.91 Å². The molecule has 1 aromatic heterocycles. The molecular formula is C12H17N3O3. The molecule has 1 atom stereocenters. The Hall–Kier alpha value is -1.85. The molecular weight excluding hydrogens is 234 g/mol. The highest BCUT2D eigenvalue weighted by Crippen LogP contribution is 2.30. The lowest BCUT2D eigenvalue weighted by molar-refractivity contribution is -0.150. The number of carboxylic acids is 1. The monoisotopic (exact) mass is 251 g/mol. The maximum atomic E-state index is 12.4. The number of rotatable bonds is 2. The number of hydrogen-bond acceptors (Lipinski definition) is 3. The molecule has 1 unspecified atom stereocenters. The molecule has 1 fully saturated rings. The quantitative estimate of drug-likeness (QED) is 0.826. The molecule has 98 valence electrons. The van der Waals surface area contributed by atoms with Gasteiger partial charge in [0.1, 0.15) is 5.54 Å². The van der Waals surface area contributed by atoms with Crippen LogP contribution in [-0.4, -0.2) is 44.2 Å². The minimum absolute atomic E-state index is 0.258. The molecule has 1 aromatic rings. The van der Waals surface area contributed by atoms with Gasteiger partial charge in [0.15, 0.2) is 0 Å². The van der Waals surface area contributed by atoms with E-state index < -0.39 is 11.5 Å². The van der Waals surface area contributed by atoms with Gasteiger partial charge < -0.3 is 10.0 Å². The molecule has 0 radical (unpaired) electrons. The van der Waals surface area contributed by atoms with E-state index in [4.69, 9.17) is 0 Å². The summed E-state index contributed by atoms with van der Waals surface area (Å²) in [6.07, 6.45) is 3.61. The first-order chi connectivity index (χ1) is 8.47. The Morgan fingerprint density at radius 3 is 2.78 bits per heavy atom. The zero-order valence-corrected chi connectivity index (χ0v) is 10.6. The molecule has 6 heteroatoms. The van der Waals surface area contributed by atoms with Gasteiger partial charge in [-0.3, -0.25) is 9.89 Å². The lowest BCUT2D eigenvalue weighted by atomic mass is 9.88. The van der Waals surface area contributed by atoms with E-state index in [0.717, 1.165) is 12.8 Å². The molecule has 0 spiro atoms. The fraction of sp³-hybridized carbons (Fsp3) is 0.583. The summed E-state index contributed by atoms with van der Waals surface area (Å²) >= 11 is 0. The Morgan fingerprint density at radius 1 is 1.50 bits per heavy atom. The number of carbonyl (C=O) groups is 2. The predicted octanol–water partition coefficient (Wildman–Crippen LogP) is 1.19. The van der Waals surface area contributed by atoms with Crippen LogP contribution in [0.3, 0.4) is 0 Å². The maximum absolute atomic E-state index is 12.4. The minimum Gasteiger partial charge on any atom is -0.480 e. The molecule has 0 bridgehead atoms. The van der Waals surface area contributed by atoms with Crippen molar-refractivity contribution in [1.29, 1.82) is 0 Å². The van der Waals surface area contributed by atoms with Crippen LogP contribution < -0.4 is 0 Å². The molecule has 6 nitrogen and oxygen atoms in total. The number of hydrogen-bond donors (Lipinski definition) is 2. The summed E-state index contributed by atoms with van der Waals surface area (Å²) in [6.45, 7) is 3.84. The second-order valence-electron chi connectivity index (χ2n) is 4.90. The Labute approximate surface area is 105 Å². The molecule has 1 aliphatic heterocycles. The summed E-state index contributed by atoms with van der Waals surface area (Å²) in [6, 6.07) is 0. The van der Waals surface area contributed by atoms with Crippen molar-refractivity contribution in [3.63, 3.8) is 0 Å². The standard InChI is InChI=1S/C12H17N3O3/c1-8-9(7-13-14-8)10(16)15-6-4-3-5-12(15,2)11(17)18/h7H,3-6H2,1-2H3,(H,13,14)(H,17,18). The van der Waals surface area contributed by atoms with Crippen LogP contribution in [0.25, 0.3) is 0 Å². The van der Waals surface area contributed by atoms with E-state index in [1.54, 1.807) is 13.8 Å². The predicted molar refractivity (Wildman–Crippen MR) is 64.3 cm³/mol. The maximum Gasteiger partial charge on any atom is 0.329 e. The summed E-state index contributed by atoms with van der Waals surface area (Å²) in [7, 11) is 0. The molecule has 0 aromatic carbocycles. The fourth-order valence-electron chi connectivity index (χ4n) is 2.38. The molecule has 1 amide bonds. The van der Waals surface area contributed by atoms with E-state index in [-0.39, 0.29) is 5.91 Å². The van der Waals surface area contributed by atoms with Crippen molar-refractivity contribution in [2.75, 3.05) is 6.54 Å². The van der Waals surface area contributed by atoms with Crippen molar-refractivity contribution >= 4 is 11.9 Å². The van der Waals surface area contributed by atoms with Crippen LogP contribution in [0.15, 0.2) is 6.20 Å². The van der Waals surface area contributed by atoms with Crippen molar-refractivity contribution in [3.8, 4) is 0 Å². The van der Waals surface area contributed by atoms with Crippen molar-refractivity contribution in [3.05, 3.63) is 17.5 Å². The van der Waals surface area contributed by atoms with E-state index in [1.165, 1.54) is 11.1 Å². The summed E-state index contributed by atoms with van der Waals surface area (Å²) in [5.41, 5.74) is 0.00154. The number of carbonyl (C=O) groups excluding carboxylic acids is 1. The van der Waals surface area contributed by atoms with Crippen molar-refractivity contribution in [2.45, 2.75) is 38.6 Å². The topological polar surface area (TPSA) is 86.3 Å². The second kappa shape index (κ2) is 4.44. The van der Waals surface area contributed by atoms with Gasteiger partial charge in [0, 0.05) is 12.2 Å². The van der Waals surface area contributed by atoms with Crippen LogP contribution >= 0.6 is 0 Å². The van der Waals surface area contributed by atoms with Gasteiger partial charge in [-0.15, -0.1) is 0 Å². The van der Waals surface area contributed by atoms with Crippen LogP contribution in [0, 0.1) is 6.92 Å². The molecule has 1 aliphatic rings. The number of piperidine rings is 1. The van der Waals surface area contributed by atoms with E-state index in [2.05, 4.69) is 10.2 Å². The number of aromatic nitrogens is 2. The number of likely N-dealkylation sites (tertiary alicyclic amines) is 1. The Bertz CT molecular complexity index is 483. The molecule has 0 aliphatic carbocycles. The molecule has 2 rings (SSSR count). The largest absolute Gasteiger partial charge is 0.480 e. The van der Waals surface area contributed by atoms with Gasteiger partial charge in [-0.2, -0.15) is 5.10 Å². The summed E-state index contributed by atoms with van der Waals surface area (Å²) in [4.78, 5) is 25.3. The number of carboxylic acid groups (broad SMARTS) is 1. The van der Waals surface area contributed by atoms with E-state index >= 15 is 0 Å². The van der Waals surface area contributed by atoms with Gasteiger partial charge in [-0.25, -0.2) is 4.79 Å². The summed E-state index contributed by atoms with van der Waals surface area (Å²) < 4.78 is 0. The van der Waals surface area contributed by atoms with Crippen LogP contribution in [0.5, 0.6) is 0 Å². The number of H-pyrrole nitrogens is 1. The van der Waals surface area contributed by atoms with E-state index in [0.29, 0.717) is 24.2 Å². The number of aliphatic carboxylic acids is 1. The SMILES string of the molecule is Cc1[nH]ncc1C(=O)N1CCCCC1(C)C(=O)O. The highest BCUT2D eigenvalue weighted by molar-refractivity contribution is 5.98. The van der Waals surface area contributed by atoms with Gasteiger partial charge in [-0.1, -0.05) is 0 Å². The van der Waals surface area contributed by atoms with Gasteiger partial charge in [0.2, 0.25) is 0 Å². The second-order valence-corrected chi connectivity index (χ2v) is 4.90. The van der Waals surface area contributed by atoms with Crippen molar-refractivity contribution in [2.24, 2.45) is 0 Å². The first kappa shape index (κ1) is 12.6. The molecule has 1 saturated heterocycles. The zero-order valence-electron chi connectivity index (χ0n) is 10.6. The lowest BCUT2D eigenvalue weighted by Crippen LogP contribution is -2.57.